The van der Waals surface area contributed by atoms with Gasteiger partial charge in [-0.15, -0.1) is 0 Å². The van der Waals surface area contributed by atoms with Gasteiger partial charge in [0.15, 0.2) is 0 Å². The van der Waals surface area contributed by atoms with Gasteiger partial charge in [-0.2, -0.15) is 0 Å². The maximum atomic E-state index is 10.9. The van der Waals surface area contributed by atoms with Gasteiger partial charge in [0, 0.05) is 13.5 Å². The molecule has 1 unspecified atom stereocenters. The number of Topliss-reactive ketones (excluding diaryl/α,β-unsaturated/α-hetero) is 1. The minimum atomic E-state index is 0.0851. The second kappa shape index (κ2) is 4.91. The van der Waals surface area contributed by atoms with Crippen molar-refractivity contribution < 1.29 is 9.53 Å². The molecule has 1 rings (SSSR count). The van der Waals surface area contributed by atoms with Crippen LogP contribution < -0.4 is 0 Å². The fourth-order valence-electron chi connectivity index (χ4n) is 1.38. The monoisotopic (exact) mass is 192 g/mol. The quantitative estimate of drug-likeness (QED) is 0.732. The van der Waals surface area contributed by atoms with Crippen LogP contribution in [0.15, 0.2) is 24.3 Å². The summed E-state index contributed by atoms with van der Waals surface area (Å²) in [6.45, 7) is 3.60. The Bertz CT molecular complexity index is 318. The molecule has 2 heteroatoms. The molecule has 0 radical (unpaired) electrons. The van der Waals surface area contributed by atoms with E-state index in [1.54, 1.807) is 14.0 Å². The number of ether oxygens (including phenoxy) is 1. The minimum absolute atomic E-state index is 0.0851. The van der Waals surface area contributed by atoms with E-state index in [1.807, 2.05) is 31.2 Å². The van der Waals surface area contributed by atoms with Crippen LogP contribution in [-0.2, 0) is 16.0 Å². The molecule has 0 saturated heterocycles. The third-order valence-corrected chi connectivity index (χ3v) is 2.23. The molecule has 0 N–H and O–H groups in total. The number of ketones is 1. The molecule has 0 saturated carbocycles. The van der Waals surface area contributed by atoms with E-state index in [9.17, 15) is 4.79 Å². The first kappa shape index (κ1) is 10.9. The average molecular weight is 192 g/mol. The van der Waals surface area contributed by atoms with Gasteiger partial charge in [0.1, 0.15) is 5.78 Å². The summed E-state index contributed by atoms with van der Waals surface area (Å²) >= 11 is 0. The summed E-state index contributed by atoms with van der Waals surface area (Å²) in [7, 11) is 1.68. The lowest BCUT2D eigenvalue weighted by atomic mass is 10.0. The summed E-state index contributed by atoms with van der Waals surface area (Å²) in [4.78, 5) is 10.9. The smallest absolute Gasteiger partial charge is 0.134 e. The predicted molar refractivity (Wildman–Crippen MR) is 56.3 cm³/mol. The molecule has 0 aromatic heterocycles. The molecule has 1 atom stereocenters. The lowest BCUT2D eigenvalue weighted by molar-refractivity contribution is -0.116. The Balaban J connectivity index is 2.83. The number of hydrogen-bond acceptors (Lipinski definition) is 2. The lowest BCUT2D eigenvalue weighted by Crippen LogP contribution is -2.00. The van der Waals surface area contributed by atoms with E-state index in [-0.39, 0.29) is 11.9 Å². The van der Waals surface area contributed by atoms with Crippen molar-refractivity contribution in [2.75, 3.05) is 7.11 Å². The van der Waals surface area contributed by atoms with E-state index in [4.69, 9.17) is 4.74 Å². The predicted octanol–water partition coefficient (Wildman–Crippen LogP) is 2.53. The van der Waals surface area contributed by atoms with Crippen LogP contribution in [0.1, 0.15) is 31.1 Å². The maximum Gasteiger partial charge on any atom is 0.134 e. The Morgan fingerprint density at radius 1 is 1.50 bits per heavy atom. The van der Waals surface area contributed by atoms with Gasteiger partial charge in [0.2, 0.25) is 0 Å². The van der Waals surface area contributed by atoms with E-state index in [2.05, 4.69) is 0 Å². The van der Waals surface area contributed by atoms with Crippen molar-refractivity contribution in [2.24, 2.45) is 0 Å². The van der Waals surface area contributed by atoms with Crippen LogP contribution in [0.3, 0.4) is 0 Å². The van der Waals surface area contributed by atoms with Crippen molar-refractivity contribution in [1.29, 1.82) is 0 Å². The molecule has 1 aromatic carbocycles. The van der Waals surface area contributed by atoms with Gasteiger partial charge in [-0.25, -0.2) is 0 Å². The number of carbonyl (C=O) groups is 1. The van der Waals surface area contributed by atoms with Gasteiger partial charge in [0.05, 0.1) is 6.10 Å². The molecular weight excluding hydrogens is 176 g/mol. The van der Waals surface area contributed by atoms with Crippen LogP contribution >= 0.6 is 0 Å². The lowest BCUT2D eigenvalue weighted by Gasteiger charge is -2.10. The Hall–Kier alpha value is -1.15. The number of carbonyl (C=O) groups excluding carboxylic acids is 1. The van der Waals surface area contributed by atoms with E-state index >= 15 is 0 Å². The highest BCUT2D eigenvalue weighted by Crippen LogP contribution is 2.17. The van der Waals surface area contributed by atoms with Crippen molar-refractivity contribution in [2.45, 2.75) is 26.4 Å². The van der Waals surface area contributed by atoms with Crippen LogP contribution in [0.2, 0.25) is 0 Å². The molecule has 0 amide bonds. The van der Waals surface area contributed by atoms with E-state index in [0.717, 1.165) is 11.1 Å². The highest BCUT2D eigenvalue weighted by molar-refractivity contribution is 5.78. The van der Waals surface area contributed by atoms with E-state index in [0.29, 0.717) is 6.42 Å². The second-order valence-electron chi connectivity index (χ2n) is 3.50. The highest BCUT2D eigenvalue weighted by atomic mass is 16.5. The second-order valence-corrected chi connectivity index (χ2v) is 3.50. The zero-order valence-electron chi connectivity index (χ0n) is 8.91. The summed E-state index contributed by atoms with van der Waals surface area (Å²) in [6, 6.07) is 7.96. The summed E-state index contributed by atoms with van der Waals surface area (Å²) in [6.07, 6.45) is 0.589. The summed E-state index contributed by atoms with van der Waals surface area (Å²) in [5.74, 6) is 0.187. The van der Waals surface area contributed by atoms with Crippen molar-refractivity contribution in [3.05, 3.63) is 35.4 Å². The van der Waals surface area contributed by atoms with Crippen molar-refractivity contribution in [3.8, 4) is 0 Å². The number of benzene rings is 1. The molecule has 1 aromatic rings. The summed E-state index contributed by atoms with van der Waals surface area (Å²) in [5, 5.41) is 0. The molecule has 0 aliphatic carbocycles. The Morgan fingerprint density at radius 2 is 2.21 bits per heavy atom. The van der Waals surface area contributed by atoms with Crippen LogP contribution in [0.5, 0.6) is 0 Å². The molecule has 0 fully saturated rings. The van der Waals surface area contributed by atoms with E-state index < -0.39 is 0 Å². The van der Waals surface area contributed by atoms with Gasteiger partial charge < -0.3 is 4.74 Å². The standard InChI is InChI=1S/C12H16O2/c1-9(13)7-11-5-4-6-12(8-11)10(2)14-3/h4-6,8,10H,7H2,1-3H3. The number of hydrogen-bond donors (Lipinski definition) is 0. The Morgan fingerprint density at radius 3 is 2.79 bits per heavy atom. The van der Waals surface area contributed by atoms with Crippen LogP contribution in [0.25, 0.3) is 0 Å². The first-order chi connectivity index (χ1) is 6.63. The summed E-state index contributed by atoms with van der Waals surface area (Å²) < 4.78 is 5.21. The zero-order valence-corrected chi connectivity index (χ0v) is 8.91. The molecule has 0 aliphatic rings. The molecule has 0 heterocycles. The van der Waals surface area contributed by atoms with E-state index in [1.165, 1.54) is 0 Å². The van der Waals surface area contributed by atoms with Gasteiger partial charge in [-0.3, -0.25) is 4.79 Å². The number of methoxy groups -OCH3 is 1. The molecule has 2 nitrogen and oxygen atoms in total. The fourth-order valence-corrected chi connectivity index (χ4v) is 1.38. The molecule has 0 spiro atoms. The summed E-state index contributed by atoms with van der Waals surface area (Å²) in [5.41, 5.74) is 2.17. The van der Waals surface area contributed by atoms with Crippen molar-refractivity contribution in [3.63, 3.8) is 0 Å². The normalized spacial score (nSPS) is 12.5. The van der Waals surface area contributed by atoms with Crippen LogP contribution in [0, 0.1) is 0 Å². The largest absolute Gasteiger partial charge is 0.377 e. The topological polar surface area (TPSA) is 26.3 Å². The molecule has 0 bridgehead atoms. The van der Waals surface area contributed by atoms with Gasteiger partial charge in [-0.05, 0) is 25.0 Å². The SMILES string of the molecule is COC(C)c1cccc(CC(C)=O)c1. The molecular formula is C12H16O2. The maximum absolute atomic E-state index is 10.9. The van der Waals surface area contributed by atoms with Crippen LogP contribution in [0.4, 0.5) is 0 Å². The van der Waals surface area contributed by atoms with Gasteiger partial charge >= 0.3 is 0 Å². The Labute approximate surface area is 84.9 Å². The van der Waals surface area contributed by atoms with Crippen molar-refractivity contribution >= 4 is 5.78 Å². The van der Waals surface area contributed by atoms with Gasteiger partial charge in [-0.1, -0.05) is 24.3 Å². The third kappa shape index (κ3) is 2.96. The minimum Gasteiger partial charge on any atom is -0.377 e. The molecule has 76 valence electrons. The average Bonchev–Trinajstić information content (AvgIpc) is 2.16. The van der Waals surface area contributed by atoms with Gasteiger partial charge in [0.25, 0.3) is 0 Å². The highest BCUT2D eigenvalue weighted by Gasteiger charge is 2.04. The Kier molecular flexibility index (Phi) is 3.84. The molecule has 0 aliphatic heterocycles. The fraction of sp³-hybridized carbons (Fsp3) is 0.417. The van der Waals surface area contributed by atoms with Crippen LogP contribution in [-0.4, -0.2) is 12.9 Å². The first-order valence-electron chi connectivity index (χ1n) is 4.74. The number of rotatable bonds is 4. The van der Waals surface area contributed by atoms with Crippen molar-refractivity contribution in [1.82, 2.24) is 0 Å². The first-order valence-corrected chi connectivity index (χ1v) is 4.74. The third-order valence-electron chi connectivity index (χ3n) is 2.23. The zero-order chi connectivity index (χ0) is 10.6. The molecule has 14 heavy (non-hydrogen) atoms.